The third-order valence-corrected chi connectivity index (χ3v) is 24.2. The first-order valence-corrected chi connectivity index (χ1v) is 45.1. The Morgan fingerprint density at radius 2 is 1.04 bits per heavy atom. The first-order chi connectivity index (χ1) is 63.3. The van der Waals surface area contributed by atoms with Crippen LogP contribution in [0.2, 0.25) is 0 Å². The molecule has 1 aliphatic heterocycles. The van der Waals surface area contributed by atoms with E-state index in [1.165, 1.54) is 74.6 Å². The van der Waals surface area contributed by atoms with Crippen molar-refractivity contribution < 1.29 is 106 Å². The molecule has 0 spiro atoms. The van der Waals surface area contributed by atoms with Crippen molar-refractivity contribution in [2.75, 3.05) is 52.3 Å². The van der Waals surface area contributed by atoms with E-state index in [0.29, 0.717) is 70.0 Å². The van der Waals surface area contributed by atoms with E-state index in [0.717, 1.165) is 31.4 Å². The highest BCUT2D eigenvalue weighted by molar-refractivity contribution is 8.00. The molecule has 0 aliphatic carbocycles. The Morgan fingerprint density at radius 3 is 1.59 bits per heavy atom. The zero-order valence-corrected chi connectivity index (χ0v) is 76.5. The lowest BCUT2D eigenvalue weighted by molar-refractivity contribution is -0.152. The molecule has 38 heteroatoms. The van der Waals surface area contributed by atoms with Gasteiger partial charge in [-0.25, -0.2) is 13.2 Å². The number of aromatic nitrogens is 1. The van der Waals surface area contributed by atoms with Crippen LogP contribution in [0, 0.1) is 29.3 Å². The quantitative estimate of drug-likeness (QED) is 0.0191. The Balaban J connectivity index is 1.02. The van der Waals surface area contributed by atoms with E-state index in [1.54, 1.807) is 133 Å². The number of likely N-dealkylation sites (N-methyl/N-ethyl adjacent to an activating group) is 4. The lowest BCUT2D eigenvalue weighted by Crippen LogP contribution is -2.63. The summed E-state index contributed by atoms with van der Waals surface area (Å²) >= 11 is 0.759. The average molecular weight is 1870 g/mol. The van der Waals surface area contributed by atoms with Crippen LogP contribution in [0.4, 0.5) is 13.2 Å². The predicted molar refractivity (Wildman–Crippen MR) is 489 cm³/mol. The zero-order valence-electron chi connectivity index (χ0n) is 75.7. The van der Waals surface area contributed by atoms with E-state index in [4.69, 9.17) is 11.5 Å². The number of fused-ring (bicyclic) bond motifs is 1. The number of carbonyl (C=O) groups excluding carboxylic acids is 14. The van der Waals surface area contributed by atoms with Gasteiger partial charge in [-0.3, -0.25) is 62.3 Å². The number of amides is 12. The number of H-pyrrole nitrogens is 1. The van der Waals surface area contributed by atoms with Gasteiger partial charge in [0.2, 0.25) is 70.9 Å². The third kappa shape index (κ3) is 30.0. The molecule has 12 amide bonds. The van der Waals surface area contributed by atoms with Gasteiger partial charge in [-0.15, -0.1) is 11.8 Å². The molecule has 1 fully saturated rings. The van der Waals surface area contributed by atoms with Crippen molar-refractivity contribution in [3.63, 3.8) is 0 Å². The summed E-state index contributed by atoms with van der Waals surface area (Å²) in [6.07, 6.45) is -1.28. The number of carboxylic acid groups (broad SMARTS) is 1. The number of benzene rings is 6. The maximum Gasteiger partial charge on any atom is 0.305 e. The molecular weight excluding hydrogens is 1740 g/mol. The minimum absolute atomic E-state index is 0.00617. The molecule has 0 unspecified atom stereocenters. The minimum atomic E-state index is -1.84. The Labute approximate surface area is 773 Å². The number of likely N-dealkylation sites (tertiary alicyclic amines) is 1. The molecule has 1 saturated heterocycles. The van der Waals surface area contributed by atoms with Crippen molar-refractivity contribution in [2.24, 2.45) is 23.3 Å². The van der Waals surface area contributed by atoms with Crippen molar-refractivity contribution in [3.05, 3.63) is 203 Å². The Morgan fingerprint density at radius 1 is 0.549 bits per heavy atom. The number of para-hydroxylation sites is 1. The SMILES string of the molecule is CCCC[C@@H](C(=O)N1C[C@H](O)C[C@@H]1C(=O)N[C@H](C=O)CC(=O)O)N(C)C(=O)[C@H](Cc1ccccc1)N(C)C(=O)[C@H](Cc1cc(F)c(F)c(F)c1)NC(=O)CSC[C@@H](C=O)NC(=O)[C@H](CC(C)C)NC(=O)[C@H](Cc1ccc(O)cc1)NC(=O)[C@H](Cc1c[nH]c2ccccc12)NC(=O)[C@@H](CN)N(CC)C(=O)[C@H](Cc1ccc(O)cc1)NC(=O)[C@H](Cc1ccccc1)N(C)C(=O)[C@@H](N)C(C)C. The summed E-state index contributed by atoms with van der Waals surface area (Å²) in [5.41, 5.74) is 15.7. The highest BCUT2D eigenvalue weighted by Gasteiger charge is 2.46. The number of aromatic hydroxyl groups is 2. The van der Waals surface area contributed by atoms with Gasteiger partial charge in [0.15, 0.2) is 17.5 Å². The normalized spacial score (nSPS) is 15.8. The van der Waals surface area contributed by atoms with Crippen molar-refractivity contribution in [3.8, 4) is 11.5 Å². The third-order valence-electron chi connectivity index (χ3n) is 23.2. The zero-order chi connectivity index (χ0) is 97.6. The predicted octanol–water partition coefficient (Wildman–Crippen LogP) is 3.59. The fourth-order valence-electron chi connectivity index (χ4n) is 15.7. The molecule has 16 N–H and O–H groups in total. The summed E-state index contributed by atoms with van der Waals surface area (Å²) < 4.78 is 44.6. The number of nitrogens with one attached hydrogen (secondary N) is 8. The molecule has 8 rings (SSSR count). The number of aliphatic carboxylic acids is 1. The van der Waals surface area contributed by atoms with E-state index in [2.05, 4.69) is 42.2 Å². The lowest BCUT2D eigenvalue weighted by Gasteiger charge is -2.37. The van der Waals surface area contributed by atoms with Gasteiger partial charge < -0.3 is 108 Å². The van der Waals surface area contributed by atoms with Crippen LogP contribution in [0.5, 0.6) is 11.5 Å². The van der Waals surface area contributed by atoms with Crippen LogP contribution < -0.4 is 48.7 Å². The number of hydrogen-bond donors (Lipinski definition) is 14. The van der Waals surface area contributed by atoms with Gasteiger partial charge in [0.05, 0.1) is 36.4 Å². The smallest absolute Gasteiger partial charge is 0.305 e. The van der Waals surface area contributed by atoms with Crippen LogP contribution in [-0.2, 0) is 110 Å². The number of hydrogen-bond acceptors (Lipinski definition) is 21. The second kappa shape index (κ2) is 50.5. The number of β-amino-alcohol motifs (C(OH)–C–C–N with tert-alkyl or cyclic N) is 1. The Bertz CT molecular complexity index is 5180. The number of aliphatic hydroxyl groups excluding tert-OH is 1. The first kappa shape index (κ1) is 105. The molecule has 2 heterocycles. The monoisotopic (exact) mass is 1860 g/mol. The van der Waals surface area contributed by atoms with Gasteiger partial charge >= 0.3 is 5.97 Å². The summed E-state index contributed by atoms with van der Waals surface area (Å²) in [6.45, 7) is 9.18. The number of phenolic OH excluding ortho intramolecular Hbond substituents is 2. The van der Waals surface area contributed by atoms with E-state index < -0.39 is 211 Å². The first-order valence-electron chi connectivity index (χ1n) is 44.0. The second-order valence-corrected chi connectivity index (χ2v) is 35.0. The Hall–Kier alpha value is -13.1. The lowest BCUT2D eigenvalue weighted by atomic mass is 9.98. The number of rotatable bonds is 50. The summed E-state index contributed by atoms with van der Waals surface area (Å²) in [4.78, 5) is 223. The van der Waals surface area contributed by atoms with Crippen molar-refractivity contribution in [1.82, 2.24) is 66.7 Å². The highest BCUT2D eigenvalue weighted by Crippen LogP contribution is 2.28. The van der Waals surface area contributed by atoms with Crippen LogP contribution >= 0.6 is 11.8 Å². The maximum absolute atomic E-state index is 15.5. The van der Waals surface area contributed by atoms with E-state index in [9.17, 15) is 68.0 Å². The number of aromatic amines is 1. The number of aliphatic hydroxyl groups is 1. The molecule has 133 heavy (non-hydrogen) atoms. The molecule has 0 bridgehead atoms. The number of halogens is 3. The molecule has 34 nitrogen and oxygen atoms in total. The van der Waals surface area contributed by atoms with Crippen LogP contribution in [-0.4, -0.2) is 276 Å². The number of phenols is 2. The second-order valence-electron chi connectivity index (χ2n) is 33.9. The Kier molecular flexibility index (Phi) is 40.0. The fraction of sp³-hybridized carbons (Fsp3) is 0.442. The number of nitrogens with zero attached hydrogens (tertiary/aromatic N) is 5. The summed E-state index contributed by atoms with van der Waals surface area (Å²) in [6, 6.07) is 17.8. The van der Waals surface area contributed by atoms with Gasteiger partial charge in [-0.2, -0.15) is 0 Å². The molecule has 716 valence electrons. The van der Waals surface area contributed by atoms with Crippen molar-refractivity contribution >= 4 is 112 Å². The number of thioether (sulfide) groups is 1. The van der Waals surface area contributed by atoms with Gasteiger partial charge in [-0.1, -0.05) is 151 Å². The molecule has 1 aromatic heterocycles. The van der Waals surface area contributed by atoms with Crippen LogP contribution in [0.25, 0.3) is 10.9 Å². The van der Waals surface area contributed by atoms with Gasteiger partial charge in [0, 0.05) is 109 Å². The van der Waals surface area contributed by atoms with Crippen molar-refractivity contribution in [2.45, 2.75) is 203 Å². The molecule has 14 atom stereocenters. The summed E-state index contributed by atoms with van der Waals surface area (Å²) in [5, 5.41) is 60.1. The average Bonchev–Trinajstić information content (AvgIpc) is 1.69. The van der Waals surface area contributed by atoms with E-state index >= 15 is 37.5 Å². The van der Waals surface area contributed by atoms with Crippen LogP contribution in [0.1, 0.15) is 113 Å². The standard InChI is InChI=1S/C95H120F3N15O19S/c1-10-12-27-76(94(131)113-49-66(118)46-78(113)89(126)102-62(50-114)45-82(120)121)109(7)93(130)79(43-57-23-17-14-18-24-57)111(9)91(128)74(41-60-37-68(96)83(98)69(97)38-60)104-81(119)53-133-52-63(51-115)103-85(122)71(36-54(3)4)105-86(123)72(39-58-28-32-64(116)33-29-58)106-87(124)73(44-61-48-101-70-26-20-19-25-67(61)70)107-90(127)80(47-99)112(11-2)92(129)75(40-59-30-34-65(117)35-31-59)108-88(125)77(42-56-21-15-13-16-22-56)110(8)95(132)84(100)55(5)6/h13-26,28-35,37-38,48,50-51,54-55,62-63,66,71-80,84,101,116-118H,10-12,27,36,39-47,49,52-53,99-100H2,1-9H3,(H,102,126)(H,103,122)(H,104,119)(H,105,123)(H,106,124)(H,107,127)(H,108,125)(H,120,121)/t62-,63+,66+,71-,72-,73-,74-,75-,76-,77-,78+,79-,80+,84-/m0/s1. The number of aldehydes is 2. The van der Waals surface area contributed by atoms with E-state index in [-0.39, 0.29) is 98.8 Å². The van der Waals surface area contributed by atoms with E-state index in [1.807, 2.05) is 0 Å². The highest BCUT2D eigenvalue weighted by atomic mass is 32.2. The molecule has 7 aromatic rings. The summed E-state index contributed by atoms with van der Waals surface area (Å²) in [5.74, 6) is -19.0. The maximum atomic E-state index is 15.5. The van der Waals surface area contributed by atoms with Crippen molar-refractivity contribution in [1.29, 1.82) is 0 Å². The number of carboxylic acids is 1. The molecule has 1 aliphatic rings. The number of carbonyl (C=O) groups is 15. The molecule has 0 saturated carbocycles. The van der Waals surface area contributed by atoms with Gasteiger partial charge in [0.25, 0.3) is 0 Å². The fourth-order valence-corrected chi connectivity index (χ4v) is 16.6. The largest absolute Gasteiger partial charge is 0.508 e. The summed E-state index contributed by atoms with van der Waals surface area (Å²) in [7, 11) is 3.92. The van der Waals surface area contributed by atoms with Crippen LogP contribution in [0.3, 0.4) is 0 Å². The van der Waals surface area contributed by atoms with Gasteiger partial charge in [-0.05, 0) is 107 Å². The molecular formula is C95H120F3N15O19S. The molecule has 0 radical (unpaired) electrons. The number of unbranched alkanes of at least 4 members (excludes halogenated alkanes) is 1. The minimum Gasteiger partial charge on any atom is -0.508 e. The number of nitrogens with two attached hydrogens (primary N) is 2. The topological polar surface area (TPSA) is 505 Å². The van der Waals surface area contributed by atoms with Gasteiger partial charge in [0.1, 0.15) is 84.5 Å². The van der Waals surface area contributed by atoms with Crippen LogP contribution in [0.15, 0.2) is 152 Å². The molecule has 6 aromatic carbocycles.